The largest absolute Gasteiger partial charge is 0.460 e. The number of amides is 1. The molecule has 0 aliphatic carbocycles. The zero-order valence-electron chi connectivity index (χ0n) is 18.3. The van der Waals surface area contributed by atoms with Crippen LogP contribution in [0.15, 0.2) is 39.8 Å². The fourth-order valence-electron chi connectivity index (χ4n) is 3.73. The van der Waals surface area contributed by atoms with Crippen molar-refractivity contribution in [1.29, 1.82) is 0 Å². The van der Waals surface area contributed by atoms with E-state index >= 15 is 0 Å². The number of piperidine rings is 1. The van der Waals surface area contributed by atoms with E-state index in [1.807, 2.05) is 32.0 Å². The topological polar surface area (TPSA) is 97.1 Å². The molecule has 2 aromatic rings. The predicted octanol–water partition coefficient (Wildman–Crippen LogP) is 3.14. The number of anilines is 1. The summed E-state index contributed by atoms with van der Waals surface area (Å²) in [5, 5.41) is -0.298. The van der Waals surface area contributed by atoms with Crippen LogP contribution >= 0.6 is 0 Å². The van der Waals surface area contributed by atoms with Crippen molar-refractivity contribution in [3.05, 3.63) is 47.2 Å². The van der Waals surface area contributed by atoms with Crippen LogP contribution in [-0.4, -0.2) is 51.3 Å². The SMILES string of the molecule is CCOC(=O)c1ccc(S(=O)(=O)N2CCC(C(=O)N(C)c3cccc(C)c3C)CC2)o1. The molecule has 1 amide bonds. The highest BCUT2D eigenvalue weighted by Crippen LogP contribution is 2.29. The highest BCUT2D eigenvalue weighted by molar-refractivity contribution is 7.89. The molecule has 0 atom stereocenters. The molecule has 168 valence electrons. The van der Waals surface area contributed by atoms with Crippen molar-refractivity contribution in [2.75, 3.05) is 31.6 Å². The van der Waals surface area contributed by atoms with E-state index in [0.717, 1.165) is 16.8 Å². The second-order valence-corrected chi connectivity index (χ2v) is 9.50. The predicted molar refractivity (Wildman–Crippen MR) is 115 cm³/mol. The summed E-state index contributed by atoms with van der Waals surface area (Å²) < 4.78 is 37.1. The van der Waals surface area contributed by atoms with Gasteiger partial charge < -0.3 is 14.1 Å². The molecule has 3 rings (SSSR count). The Morgan fingerprint density at radius 2 is 1.84 bits per heavy atom. The van der Waals surface area contributed by atoms with Gasteiger partial charge in [0.25, 0.3) is 10.0 Å². The summed E-state index contributed by atoms with van der Waals surface area (Å²) >= 11 is 0. The van der Waals surface area contributed by atoms with E-state index in [4.69, 9.17) is 9.15 Å². The van der Waals surface area contributed by atoms with Crippen LogP contribution in [0.5, 0.6) is 0 Å². The molecule has 31 heavy (non-hydrogen) atoms. The van der Waals surface area contributed by atoms with E-state index in [9.17, 15) is 18.0 Å². The Hall–Kier alpha value is -2.65. The van der Waals surface area contributed by atoms with Gasteiger partial charge in [-0.05, 0) is 62.9 Å². The van der Waals surface area contributed by atoms with Gasteiger partial charge in [-0.25, -0.2) is 13.2 Å². The van der Waals surface area contributed by atoms with Crippen molar-refractivity contribution >= 4 is 27.6 Å². The Kier molecular flexibility index (Phi) is 6.86. The fraction of sp³-hybridized carbons (Fsp3) is 0.455. The van der Waals surface area contributed by atoms with Gasteiger partial charge in [-0.1, -0.05) is 12.1 Å². The summed E-state index contributed by atoms with van der Waals surface area (Å²) in [5.41, 5.74) is 3.02. The maximum atomic E-state index is 13.0. The first-order valence-electron chi connectivity index (χ1n) is 10.3. The summed E-state index contributed by atoms with van der Waals surface area (Å²) in [6.45, 7) is 6.21. The lowest BCUT2D eigenvalue weighted by atomic mass is 9.96. The highest BCUT2D eigenvalue weighted by atomic mass is 32.2. The standard InChI is InChI=1S/C22H28N2O6S/c1-5-29-22(26)19-9-10-20(30-19)31(27,28)24-13-11-17(12-14-24)21(25)23(4)18-8-6-7-15(2)16(18)3/h6-10,17H,5,11-14H2,1-4H3. The molecule has 0 radical (unpaired) electrons. The van der Waals surface area contributed by atoms with Gasteiger partial charge in [-0.15, -0.1) is 0 Å². The number of furan rings is 1. The number of hydrogen-bond acceptors (Lipinski definition) is 6. The molecular formula is C22H28N2O6S. The van der Waals surface area contributed by atoms with Crippen molar-refractivity contribution in [1.82, 2.24) is 4.31 Å². The van der Waals surface area contributed by atoms with Gasteiger partial charge in [0.2, 0.25) is 16.8 Å². The second-order valence-electron chi connectivity index (χ2n) is 7.63. The van der Waals surface area contributed by atoms with Crippen molar-refractivity contribution in [3.8, 4) is 0 Å². The molecular weight excluding hydrogens is 420 g/mol. The molecule has 9 heteroatoms. The zero-order valence-corrected chi connectivity index (χ0v) is 19.1. The van der Waals surface area contributed by atoms with Crippen LogP contribution in [0.2, 0.25) is 0 Å². The Labute approximate surface area is 182 Å². The summed E-state index contributed by atoms with van der Waals surface area (Å²) in [4.78, 5) is 26.4. The first-order chi connectivity index (χ1) is 14.7. The summed E-state index contributed by atoms with van der Waals surface area (Å²) in [6.07, 6.45) is 0.831. The Morgan fingerprint density at radius 3 is 2.48 bits per heavy atom. The first-order valence-corrected chi connectivity index (χ1v) is 11.7. The number of carbonyl (C=O) groups excluding carboxylic acids is 2. The number of rotatable bonds is 6. The Bertz CT molecular complexity index is 1070. The molecule has 0 saturated carbocycles. The highest BCUT2D eigenvalue weighted by Gasteiger charge is 2.35. The Morgan fingerprint density at radius 1 is 1.16 bits per heavy atom. The minimum absolute atomic E-state index is 0.0201. The third-order valence-electron chi connectivity index (χ3n) is 5.72. The lowest BCUT2D eigenvalue weighted by Crippen LogP contribution is -2.43. The second kappa shape index (κ2) is 9.23. The van der Waals surface area contributed by atoms with E-state index in [1.165, 1.54) is 16.4 Å². The van der Waals surface area contributed by atoms with Gasteiger partial charge in [-0.3, -0.25) is 4.79 Å². The van der Waals surface area contributed by atoms with Crippen LogP contribution in [0.25, 0.3) is 0 Å². The molecule has 1 fully saturated rings. The normalized spacial score (nSPS) is 15.6. The number of aryl methyl sites for hydroxylation is 1. The van der Waals surface area contributed by atoms with Crippen LogP contribution in [0.1, 0.15) is 41.4 Å². The van der Waals surface area contributed by atoms with Crippen LogP contribution < -0.4 is 4.90 Å². The number of ether oxygens (including phenoxy) is 1. The smallest absolute Gasteiger partial charge is 0.374 e. The summed E-state index contributed by atoms with van der Waals surface area (Å²) in [5.74, 6) is -1.14. The number of nitrogens with zero attached hydrogens (tertiary/aromatic N) is 2. The van der Waals surface area contributed by atoms with Gasteiger partial charge in [0, 0.05) is 31.7 Å². The van der Waals surface area contributed by atoms with Gasteiger partial charge in [0.05, 0.1) is 6.61 Å². The molecule has 0 unspecified atom stereocenters. The van der Waals surface area contributed by atoms with Crippen molar-refractivity contribution in [2.45, 2.75) is 38.7 Å². The maximum Gasteiger partial charge on any atom is 0.374 e. The monoisotopic (exact) mass is 448 g/mol. The third kappa shape index (κ3) is 4.67. The number of sulfonamides is 1. The molecule has 1 aromatic heterocycles. The number of carbonyl (C=O) groups is 2. The average Bonchev–Trinajstić information content (AvgIpc) is 3.26. The van der Waals surface area contributed by atoms with Gasteiger partial charge in [0.15, 0.2) is 0 Å². The van der Waals surface area contributed by atoms with Gasteiger partial charge in [-0.2, -0.15) is 4.31 Å². The molecule has 1 aliphatic heterocycles. The molecule has 0 bridgehead atoms. The lowest BCUT2D eigenvalue weighted by Gasteiger charge is -2.32. The van der Waals surface area contributed by atoms with Crippen molar-refractivity contribution in [2.24, 2.45) is 5.92 Å². The maximum absolute atomic E-state index is 13.0. The number of esters is 1. The number of hydrogen-bond donors (Lipinski definition) is 0. The van der Waals surface area contributed by atoms with Crippen molar-refractivity contribution in [3.63, 3.8) is 0 Å². The lowest BCUT2D eigenvalue weighted by molar-refractivity contribution is -0.123. The quantitative estimate of drug-likeness (QED) is 0.630. The number of benzene rings is 1. The summed E-state index contributed by atoms with van der Waals surface area (Å²) in [7, 11) is -2.13. The van der Waals surface area contributed by atoms with Gasteiger partial charge >= 0.3 is 5.97 Å². The third-order valence-corrected chi connectivity index (χ3v) is 7.50. The minimum Gasteiger partial charge on any atom is -0.460 e. The van der Waals surface area contributed by atoms with Crippen LogP contribution in [-0.2, 0) is 19.6 Å². The zero-order chi connectivity index (χ0) is 22.8. The molecule has 0 N–H and O–H groups in total. The molecule has 1 aromatic carbocycles. The molecule has 8 nitrogen and oxygen atoms in total. The van der Waals surface area contributed by atoms with E-state index in [1.54, 1.807) is 18.9 Å². The first kappa shape index (κ1) is 23.0. The van der Waals surface area contributed by atoms with E-state index in [0.29, 0.717) is 12.8 Å². The molecule has 2 heterocycles. The molecule has 1 saturated heterocycles. The average molecular weight is 449 g/mol. The summed E-state index contributed by atoms with van der Waals surface area (Å²) in [6, 6.07) is 8.39. The van der Waals surface area contributed by atoms with E-state index in [-0.39, 0.29) is 42.4 Å². The van der Waals surface area contributed by atoms with Gasteiger partial charge in [0.1, 0.15) is 0 Å². The minimum atomic E-state index is -3.89. The Balaban J connectivity index is 1.66. The molecule has 0 spiro atoms. The van der Waals surface area contributed by atoms with Crippen LogP contribution in [0, 0.1) is 19.8 Å². The van der Waals surface area contributed by atoms with Crippen LogP contribution in [0.4, 0.5) is 5.69 Å². The van der Waals surface area contributed by atoms with Crippen LogP contribution in [0.3, 0.4) is 0 Å². The van der Waals surface area contributed by atoms with Crippen molar-refractivity contribution < 1.29 is 27.2 Å². The fourth-order valence-corrected chi connectivity index (χ4v) is 5.11. The van der Waals surface area contributed by atoms with E-state index < -0.39 is 16.0 Å². The molecule has 1 aliphatic rings. The van der Waals surface area contributed by atoms with E-state index in [2.05, 4.69) is 0 Å².